The summed E-state index contributed by atoms with van der Waals surface area (Å²) in [5, 5.41) is 2.80. The minimum absolute atomic E-state index is 0. The fraction of sp³-hybridized carbons (Fsp3) is 0.429. The van der Waals surface area contributed by atoms with Gasteiger partial charge in [-0.2, -0.15) is 0 Å². The minimum atomic E-state index is -0.193. The van der Waals surface area contributed by atoms with Crippen LogP contribution in [0.4, 0.5) is 5.69 Å². The number of carbonyl (C=O) groups is 2. The summed E-state index contributed by atoms with van der Waals surface area (Å²) in [5.74, 6) is -0.175. The monoisotopic (exact) mass is 297 g/mol. The van der Waals surface area contributed by atoms with E-state index in [1.165, 1.54) is 0 Å². The SMILES string of the molecule is CC(CN)C(=O)NCCN1C(=O)Cc2ccccc21.Cl. The Bertz CT molecular complexity index is 493. The lowest BCUT2D eigenvalue weighted by Crippen LogP contribution is -2.39. The Morgan fingerprint density at radius 2 is 2.15 bits per heavy atom. The Morgan fingerprint density at radius 3 is 2.85 bits per heavy atom. The normalized spacial score (nSPS) is 14.5. The molecule has 0 aromatic heterocycles. The molecule has 0 spiro atoms. The number of carbonyl (C=O) groups excluding carboxylic acids is 2. The van der Waals surface area contributed by atoms with E-state index in [0.29, 0.717) is 26.1 Å². The van der Waals surface area contributed by atoms with E-state index < -0.39 is 0 Å². The number of nitrogens with one attached hydrogen (secondary N) is 1. The second-order valence-corrected chi connectivity index (χ2v) is 4.78. The van der Waals surface area contributed by atoms with Crippen molar-refractivity contribution in [1.82, 2.24) is 5.32 Å². The average molecular weight is 298 g/mol. The number of nitrogens with zero attached hydrogens (tertiary/aromatic N) is 1. The van der Waals surface area contributed by atoms with Crippen molar-refractivity contribution in [3.8, 4) is 0 Å². The van der Waals surface area contributed by atoms with Crippen molar-refractivity contribution in [3.63, 3.8) is 0 Å². The number of halogens is 1. The molecule has 0 aliphatic carbocycles. The standard InChI is InChI=1S/C14H19N3O2.ClH/c1-10(9-15)14(19)16-6-7-17-12-5-3-2-4-11(12)8-13(17)18;/h2-5,10H,6-9,15H2,1H3,(H,16,19);1H. The van der Waals surface area contributed by atoms with Crippen molar-refractivity contribution in [3.05, 3.63) is 29.8 Å². The molecule has 1 aromatic rings. The summed E-state index contributed by atoms with van der Waals surface area (Å²) in [4.78, 5) is 25.2. The maximum Gasteiger partial charge on any atom is 0.231 e. The molecule has 0 fully saturated rings. The summed E-state index contributed by atoms with van der Waals surface area (Å²) in [6.07, 6.45) is 0.448. The molecule has 6 heteroatoms. The molecule has 1 atom stereocenters. The number of rotatable bonds is 5. The van der Waals surface area contributed by atoms with E-state index in [1.807, 2.05) is 24.3 Å². The third kappa shape index (κ3) is 3.49. The zero-order valence-corrected chi connectivity index (χ0v) is 12.3. The topological polar surface area (TPSA) is 75.4 Å². The number of fused-ring (bicyclic) bond motifs is 1. The second-order valence-electron chi connectivity index (χ2n) is 4.78. The lowest BCUT2D eigenvalue weighted by Gasteiger charge is -2.18. The number of hydrogen-bond donors (Lipinski definition) is 2. The molecular formula is C14H20ClN3O2. The Kier molecular flexibility index (Phi) is 5.98. The molecule has 1 aliphatic heterocycles. The van der Waals surface area contributed by atoms with Gasteiger partial charge in [0.15, 0.2) is 0 Å². The zero-order valence-electron chi connectivity index (χ0n) is 11.5. The summed E-state index contributed by atoms with van der Waals surface area (Å²) >= 11 is 0. The molecule has 3 N–H and O–H groups in total. The molecule has 20 heavy (non-hydrogen) atoms. The zero-order chi connectivity index (χ0) is 13.8. The van der Waals surface area contributed by atoms with Crippen LogP contribution in [-0.4, -0.2) is 31.4 Å². The predicted octanol–water partition coefficient (Wildman–Crippen LogP) is 0.709. The molecule has 110 valence electrons. The maximum atomic E-state index is 11.9. The van der Waals surface area contributed by atoms with Gasteiger partial charge in [0.2, 0.25) is 11.8 Å². The van der Waals surface area contributed by atoms with Crippen molar-refractivity contribution in [2.75, 3.05) is 24.5 Å². The van der Waals surface area contributed by atoms with E-state index in [-0.39, 0.29) is 30.1 Å². The highest BCUT2D eigenvalue weighted by Gasteiger charge is 2.26. The molecule has 1 aromatic carbocycles. The van der Waals surface area contributed by atoms with Crippen LogP contribution in [0.5, 0.6) is 0 Å². The smallest absolute Gasteiger partial charge is 0.231 e. The van der Waals surface area contributed by atoms with Crippen LogP contribution in [0.1, 0.15) is 12.5 Å². The van der Waals surface area contributed by atoms with Gasteiger partial charge in [-0.3, -0.25) is 9.59 Å². The number of hydrogen-bond acceptors (Lipinski definition) is 3. The summed E-state index contributed by atoms with van der Waals surface area (Å²) in [5.41, 5.74) is 7.43. The van der Waals surface area contributed by atoms with Gasteiger partial charge in [0, 0.05) is 31.2 Å². The van der Waals surface area contributed by atoms with E-state index in [0.717, 1.165) is 11.3 Å². The van der Waals surface area contributed by atoms with Gasteiger partial charge in [0.25, 0.3) is 0 Å². The minimum Gasteiger partial charge on any atom is -0.354 e. The van der Waals surface area contributed by atoms with Crippen LogP contribution < -0.4 is 16.0 Å². The third-order valence-corrected chi connectivity index (χ3v) is 3.36. The van der Waals surface area contributed by atoms with Gasteiger partial charge in [-0.1, -0.05) is 25.1 Å². The number of anilines is 1. The van der Waals surface area contributed by atoms with Crippen LogP contribution in [0.2, 0.25) is 0 Å². The van der Waals surface area contributed by atoms with Crippen molar-refractivity contribution in [2.45, 2.75) is 13.3 Å². The molecule has 5 nitrogen and oxygen atoms in total. The molecular weight excluding hydrogens is 278 g/mol. The Labute approximate surface area is 124 Å². The molecule has 1 heterocycles. The Morgan fingerprint density at radius 1 is 1.45 bits per heavy atom. The van der Waals surface area contributed by atoms with Crippen LogP contribution >= 0.6 is 12.4 Å². The molecule has 2 rings (SSSR count). The second kappa shape index (κ2) is 7.26. The van der Waals surface area contributed by atoms with Crippen LogP contribution in [0.3, 0.4) is 0 Å². The predicted molar refractivity (Wildman–Crippen MR) is 81.0 cm³/mol. The first-order chi connectivity index (χ1) is 9.13. The highest BCUT2D eigenvalue weighted by atomic mass is 35.5. The number of benzene rings is 1. The van der Waals surface area contributed by atoms with Crippen LogP contribution in [-0.2, 0) is 16.0 Å². The molecule has 0 saturated heterocycles. The summed E-state index contributed by atoms with van der Waals surface area (Å²) in [7, 11) is 0. The van der Waals surface area contributed by atoms with Crippen molar-refractivity contribution in [2.24, 2.45) is 11.7 Å². The van der Waals surface area contributed by atoms with Gasteiger partial charge in [-0.25, -0.2) is 0 Å². The average Bonchev–Trinajstić information content (AvgIpc) is 2.74. The van der Waals surface area contributed by atoms with Gasteiger partial charge in [0.05, 0.1) is 6.42 Å². The van der Waals surface area contributed by atoms with E-state index in [2.05, 4.69) is 5.32 Å². The van der Waals surface area contributed by atoms with Gasteiger partial charge in [-0.05, 0) is 11.6 Å². The summed E-state index contributed by atoms with van der Waals surface area (Å²) in [6.45, 7) is 3.06. The lowest BCUT2D eigenvalue weighted by atomic mass is 10.2. The van der Waals surface area contributed by atoms with Crippen LogP contribution in [0.15, 0.2) is 24.3 Å². The first-order valence-corrected chi connectivity index (χ1v) is 6.49. The van der Waals surface area contributed by atoms with E-state index in [4.69, 9.17) is 5.73 Å². The summed E-state index contributed by atoms with van der Waals surface area (Å²) < 4.78 is 0. The molecule has 2 amide bonds. The molecule has 1 aliphatic rings. The molecule has 1 unspecified atom stereocenters. The van der Waals surface area contributed by atoms with E-state index in [1.54, 1.807) is 11.8 Å². The lowest BCUT2D eigenvalue weighted by molar-refractivity contribution is -0.124. The van der Waals surface area contributed by atoms with E-state index >= 15 is 0 Å². The maximum absolute atomic E-state index is 11.9. The van der Waals surface area contributed by atoms with Crippen LogP contribution in [0.25, 0.3) is 0 Å². The van der Waals surface area contributed by atoms with Crippen LogP contribution in [0, 0.1) is 5.92 Å². The van der Waals surface area contributed by atoms with Gasteiger partial charge in [-0.15, -0.1) is 12.4 Å². The largest absolute Gasteiger partial charge is 0.354 e. The van der Waals surface area contributed by atoms with Gasteiger partial charge >= 0.3 is 0 Å². The fourth-order valence-electron chi connectivity index (χ4n) is 2.13. The van der Waals surface area contributed by atoms with Crippen molar-refractivity contribution >= 4 is 29.9 Å². The third-order valence-electron chi connectivity index (χ3n) is 3.36. The summed E-state index contributed by atoms with van der Waals surface area (Å²) in [6, 6.07) is 7.74. The quantitative estimate of drug-likeness (QED) is 0.840. The molecule has 0 saturated carbocycles. The number of para-hydroxylation sites is 1. The Balaban J connectivity index is 0.00000200. The fourth-order valence-corrected chi connectivity index (χ4v) is 2.13. The number of amides is 2. The van der Waals surface area contributed by atoms with Gasteiger partial charge < -0.3 is 16.0 Å². The van der Waals surface area contributed by atoms with E-state index in [9.17, 15) is 9.59 Å². The first-order valence-electron chi connectivity index (χ1n) is 6.49. The molecule has 0 bridgehead atoms. The van der Waals surface area contributed by atoms with Crippen molar-refractivity contribution < 1.29 is 9.59 Å². The highest BCUT2D eigenvalue weighted by molar-refractivity contribution is 6.01. The molecule has 0 radical (unpaired) electrons. The highest BCUT2D eigenvalue weighted by Crippen LogP contribution is 2.27. The van der Waals surface area contributed by atoms with Gasteiger partial charge in [0.1, 0.15) is 0 Å². The first kappa shape index (κ1) is 16.5. The number of nitrogens with two attached hydrogens (primary N) is 1. The van der Waals surface area contributed by atoms with Crippen molar-refractivity contribution in [1.29, 1.82) is 0 Å². The Hall–Kier alpha value is -1.59.